The third-order valence-corrected chi connectivity index (χ3v) is 4.46. The van der Waals surface area contributed by atoms with Crippen molar-refractivity contribution in [1.82, 2.24) is 10.0 Å². The van der Waals surface area contributed by atoms with Gasteiger partial charge < -0.3 is 10.1 Å². The van der Waals surface area contributed by atoms with Crippen LogP contribution in [-0.4, -0.2) is 29.1 Å². The molecular weight excluding hydrogens is 300 g/mol. The number of unbranched alkanes of at least 4 members (excludes halogenated alkanes) is 1. The monoisotopic (exact) mass is 320 g/mol. The summed E-state index contributed by atoms with van der Waals surface area (Å²) >= 11 is 6.01. The Kier molecular flexibility index (Phi) is 6.75. The van der Waals surface area contributed by atoms with Crippen molar-refractivity contribution in [3.8, 4) is 5.75 Å². The molecular formula is C13H21ClN2O3S. The maximum Gasteiger partial charge on any atom is 0.244 e. The zero-order chi connectivity index (χ0) is 15.2. The number of benzene rings is 1. The van der Waals surface area contributed by atoms with Crippen LogP contribution in [0.2, 0.25) is 5.02 Å². The first-order chi connectivity index (χ1) is 9.46. The van der Waals surface area contributed by atoms with E-state index in [2.05, 4.69) is 10.0 Å². The van der Waals surface area contributed by atoms with Crippen LogP contribution < -0.4 is 14.8 Å². The van der Waals surface area contributed by atoms with Crippen molar-refractivity contribution >= 4 is 21.6 Å². The molecule has 114 valence electrons. The van der Waals surface area contributed by atoms with Gasteiger partial charge >= 0.3 is 0 Å². The molecule has 0 aromatic heterocycles. The van der Waals surface area contributed by atoms with Crippen molar-refractivity contribution in [3.05, 3.63) is 22.7 Å². The zero-order valence-electron chi connectivity index (χ0n) is 12.0. The van der Waals surface area contributed by atoms with Crippen molar-refractivity contribution in [2.45, 2.75) is 31.2 Å². The van der Waals surface area contributed by atoms with Gasteiger partial charge in [0.25, 0.3) is 0 Å². The summed E-state index contributed by atoms with van der Waals surface area (Å²) in [6.45, 7) is 2.87. The van der Waals surface area contributed by atoms with Gasteiger partial charge in [0.1, 0.15) is 10.6 Å². The molecule has 0 aliphatic heterocycles. The van der Waals surface area contributed by atoms with Crippen LogP contribution in [-0.2, 0) is 16.6 Å². The Labute approximate surface area is 125 Å². The van der Waals surface area contributed by atoms with Gasteiger partial charge in [-0.15, -0.1) is 0 Å². The molecule has 0 atom stereocenters. The second kappa shape index (κ2) is 7.83. The van der Waals surface area contributed by atoms with E-state index in [-0.39, 0.29) is 4.90 Å². The van der Waals surface area contributed by atoms with Gasteiger partial charge in [0.15, 0.2) is 0 Å². The van der Waals surface area contributed by atoms with Crippen molar-refractivity contribution in [2.24, 2.45) is 0 Å². The largest absolute Gasteiger partial charge is 0.495 e. The van der Waals surface area contributed by atoms with E-state index >= 15 is 0 Å². The maximum absolute atomic E-state index is 12.3. The Balaban J connectivity index is 3.21. The third-order valence-electron chi connectivity index (χ3n) is 2.78. The summed E-state index contributed by atoms with van der Waals surface area (Å²) in [5, 5.41) is 3.33. The van der Waals surface area contributed by atoms with Gasteiger partial charge in [0.2, 0.25) is 10.0 Å². The third kappa shape index (κ3) is 4.34. The first kappa shape index (κ1) is 17.2. The van der Waals surface area contributed by atoms with Crippen LogP contribution in [0, 0.1) is 0 Å². The van der Waals surface area contributed by atoms with Crippen LogP contribution in [0.3, 0.4) is 0 Å². The maximum atomic E-state index is 12.3. The molecule has 0 radical (unpaired) electrons. The lowest BCUT2D eigenvalue weighted by Gasteiger charge is -2.15. The number of halogens is 1. The number of ether oxygens (including phenoxy) is 1. The molecule has 0 spiro atoms. The normalized spacial score (nSPS) is 11.6. The highest BCUT2D eigenvalue weighted by molar-refractivity contribution is 7.89. The van der Waals surface area contributed by atoms with Crippen molar-refractivity contribution in [2.75, 3.05) is 20.7 Å². The molecule has 0 bridgehead atoms. The van der Waals surface area contributed by atoms with Crippen LogP contribution in [0.1, 0.15) is 25.3 Å². The average Bonchev–Trinajstić information content (AvgIpc) is 2.38. The standard InChI is InChI=1S/C13H21ClN2O3S/c1-4-5-6-16-20(17,18)12-8-11(14)7-10(9-15-2)13(12)19-3/h7-8,15-16H,4-6,9H2,1-3H3. The van der Waals surface area contributed by atoms with E-state index in [4.69, 9.17) is 16.3 Å². The van der Waals surface area contributed by atoms with Crippen molar-refractivity contribution in [3.63, 3.8) is 0 Å². The Morgan fingerprint density at radius 2 is 2.05 bits per heavy atom. The number of sulfonamides is 1. The zero-order valence-corrected chi connectivity index (χ0v) is 13.6. The molecule has 2 N–H and O–H groups in total. The van der Waals surface area contributed by atoms with E-state index in [0.717, 1.165) is 12.8 Å². The van der Waals surface area contributed by atoms with Crippen LogP contribution in [0.15, 0.2) is 17.0 Å². The Morgan fingerprint density at radius 3 is 2.60 bits per heavy atom. The number of nitrogens with one attached hydrogen (secondary N) is 2. The molecule has 0 saturated carbocycles. The lowest BCUT2D eigenvalue weighted by atomic mass is 10.2. The molecule has 1 aromatic rings. The molecule has 20 heavy (non-hydrogen) atoms. The smallest absolute Gasteiger partial charge is 0.244 e. The average molecular weight is 321 g/mol. The lowest BCUT2D eigenvalue weighted by molar-refractivity contribution is 0.396. The fourth-order valence-corrected chi connectivity index (χ4v) is 3.45. The molecule has 0 aliphatic rings. The van der Waals surface area contributed by atoms with E-state index in [1.165, 1.54) is 13.2 Å². The van der Waals surface area contributed by atoms with E-state index in [9.17, 15) is 8.42 Å². The van der Waals surface area contributed by atoms with Crippen LogP contribution >= 0.6 is 11.6 Å². The number of rotatable bonds is 8. The first-order valence-electron chi connectivity index (χ1n) is 6.47. The molecule has 0 unspecified atom stereocenters. The SMILES string of the molecule is CCCCNS(=O)(=O)c1cc(Cl)cc(CNC)c1OC. The summed E-state index contributed by atoms with van der Waals surface area (Å²) in [4.78, 5) is 0.0776. The lowest BCUT2D eigenvalue weighted by Crippen LogP contribution is -2.25. The van der Waals surface area contributed by atoms with Gasteiger partial charge in [-0.05, 0) is 25.6 Å². The highest BCUT2D eigenvalue weighted by Crippen LogP contribution is 2.31. The Hall–Kier alpha value is -0.820. The molecule has 0 fully saturated rings. The second-order valence-corrected chi connectivity index (χ2v) is 6.55. The van der Waals surface area contributed by atoms with Gasteiger partial charge in [-0.2, -0.15) is 0 Å². The highest BCUT2D eigenvalue weighted by Gasteiger charge is 2.22. The van der Waals surface area contributed by atoms with Gasteiger partial charge in [-0.1, -0.05) is 24.9 Å². The molecule has 1 rings (SSSR count). The molecule has 0 saturated heterocycles. The van der Waals surface area contributed by atoms with E-state index in [0.29, 0.717) is 29.4 Å². The van der Waals surface area contributed by atoms with Crippen molar-refractivity contribution < 1.29 is 13.2 Å². The van der Waals surface area contributed by atoms with E-state index < -0.39 is 10.0 Å². The minimum absolute atomic E-state index is 0.0776. The number of hydrogen-bond acceptors (Lipinski definition) is 4. The van der Waals surface area contributed by atoms with E-state index in [1.54, 1.807) is 13.1 Å². The quantitative estimate of drug-likeness (QED) is 0.720. The molecule has 1 aromatic carbocycles. The predicted octanol–water partition coefficient (Wildman–Crippen LogP) is 2.15. The summed E-state index contributed by atoms with van der Waals surface area (Å²) in [6.07, 6.45) is 1.70. The van der Waals surface area contributed by atoms with Gasteiger partial charge in [0.05, 0.1) is 7.11 Å². The fourth-order valence-electron chi connectivity index (χ4n) is 1.84. The van der Waals surface area contributed by atoms with Crippen molar-refractivity contribution in [1.29, 1.82) is 0 Å². The fraction of sp³-hybridized carbons (Fsp3) is 0.538. The minimum atomic E-state index is -3.63. The summed E-state index contributed by atoms with van der Waals surface area (Å²) in [7, 11) is -0.402. The Morgan fingerprint density at radius 1 is 1.35 bits per heavy atom. The number of hydrogen-bond donors (Lipinski definition) is 2. The highest BCUT2D eigenvalue weighted by atomic mass is 35.5. The molecule has 0 heterocycles. The Bertz CT molecular complexity index is 547. The minimum Gasteiger partial charge on any atom is -0.495 e. The molecule has 5 nitrogen and oxygen atoms in total. The second-order valence-electron chi connectivity index (χ2n) is 4.38. The van der Waals surface area contributed by atoms with Gasteiger partial charge in [-0.3, -0.25) is 0 Å². The summed E-state index contributed by atoms with van der Waals surface area (Å²) < 4.78 is 32.5. The summed E-state index contributed by atoms with van der Waals surface area (Å²) in [5.74, 6) is 0.327. The number of methoxy groups -OCH3 is 1. The predicted molar refractivity (Wildman–Crippen MR) is 80.9 cm³/mol. The van der Waals surface area contributed by atoms with E-state index in [1.807, 2.05) is 6.92 Å². The molecule has 0 aliphatic carbocycles. The first-order valence-corrected chi connectivity index (χ1v) is 8.33. The molecule has 7 heteroatoms. The van der Waals surface area contributed by atoms with Gasteiger partial charge in [-0.25, -0.2) is 13.1 Å². The molecule has 0 amide bonds. The van der Waals surface area contributed by atoms with Crippen LogP contribution in [0.25, 0.3) is 0 Å². The van der Waals surface area contributed by atoms with Gasteiger partial charge in [0, 0.05) is 23.7 Å². The van der Waals surface area contributed by atoms with Crippen LogP contribution in [0.5, 0.6) is 5.75 Å². The summed E-state index contributed by atoms with van der Waals surface area (Å²) in [6, 6.07) is 3.11. The summed E-state index contributed by atoms with van der Waals surface area (Å²) in [5.41, 5.74) is 0.707. The van der Waals surface area contributed by atoms with Crippen LogP contribution in [0.4, 0.5) is 0 Å². The topological polar surface area (TPSA) is 67.4 Å².